The Labute approximate surface area is 234 Å². The van der Waals surface area contributed by atoms with Crippen LogP contribution in [0.2, 0.25) is 0 Å². The van der Waals surface area contributed by atoms with E-state index in [2.05, 4.69) is 44.0 Å². The highest BCUT2D eigenvalue weighted by Gasteiger charge is 2.15. The Hall–Kier alpha value is -4.38. The quantitative estimate of drug-likeness (QED) is 0.120. The number of benzene rings is 3. The van der Waals surface area contributed by atoms with Crippen LogP contribution >= 0.6 is 15.9 Å². The van der Waals surface area contributed by atoms with Gasteiger partial charge in [0.1, 0.15) is 5.75 Å². The zero-order valence-electron chi connectivity index (χ0n) is 21.5. The summed E-state index contributed by atoms with van der Waals surface area (Å²) in [4.78, 5) is 36.5. The van der Waals surface area contributed by atoms with Crippen LogP contribution in [-0.4, -0.2) is 44.3 Å². The Bertz CT molecular complexity index is 1300. The van der Waals surface area contributed by atoms with Gasteiger partial charge < -0.3 is 24.8 Å². The number of nitrogens with one attached hydrogen (secondary N) is 3. The summed E-state index contributed by atoms with van der Waals surface area (Å²) >= 11 is 3.40. The number of rotatable bonds is 12. The predicted octanol–water partition coefficient (Wildman–Crippen LogP) is 4.74. The first-order valence-corrected chi connectivity index (χ1v) is 12.9. The molecule has 3 rings (SSSR count). The smallest absolute Gasteiger partial charge is 0.329 e. The van der Waals surface area contributed by atoms with Crippen LogP contribution in [-0.2, 0) is 14.4 Å². The number of amides is 3. The molecule has 0 saturated carbocycles. The van der Waals surface area contributed by atoms with E-state index < -0.39 is 11.8 Å². The number of para-hydroxylation sites is 1. The second-order valence-corrected chi connectivity index (χ2v) is 8.97. The minimum Gasteiger partial charge on any atom is -0.494 e. The molecular weight excluding hydrogens is 568 g/mol. The lowest BCUT2D eigenvalue weighted by atomic mass is 10.2. The monoisotopic (exact) mass is 596 g/mol. The highest BCUT2D eigenvalue weighted by atomic mass is 79.9. The first-order chi connectivity index (χ1) is 18.9. The van der Waals surface area contributed by atoms with Gasteiger partial charge in [-0.2, -0.15) is 5.10 Å². The summed E-state index contributed by atoms with van der Waals surface area (Å²) in [6.45, 7) is 2.46. The maximum absolute atomic E-state index is 12.2. The lowest BCUT2D eigenvalue weighted by Gasteiger charge is -2.13. The number of hydrazone groups is 1. The van der Waals surface area contributed by atoms with E-state index in [4.69, 9.17) is 14.2 Å². The maximum atomic E-state index is 12.2. The van der Waals surface area contributed by atoms with Crippen molar-refractivity contribution in [3.05, 3.63) is 76.8 Å². The number of unbranched alkanes of at least 4 members (excludes halogenated alkanes) is 1. The molecule has 0 aliphatic rings. The van der Waals surface area contributed by atoms with Crippen molar-refractivity contribution in [1.29, 1.82) is 0 Å². The molecule has 10 nitrogen and oxygen atoms in total. The summed E-state index contributed by atoms with van der Waals surface area (Å²) in [5.41, 5.74) is 3.83. The fourth-order valence-electron chi connectivity index (χ4n) is 3.18. The van der Waals surface area contributed by atoms with Gasteiger partial charge in [0.05, 0.1) is 24.4 Å². The standard InChI is InChI=1S/C28H29BrN4O6/c1-3-4-14-38-22-12-10-21(11-13-22)32-27(35)28(36)33-30-17-19-15-23(29)26(24(16-19)37-2)39-18-25(34)31-20-8-6-5-7-9-20/h5-13,15-17H,3-4,14,18H2,1-2H3,(H,31,34)(H,32,35)(H,33,36)/b30-17-. The van der Waals surface area contributed by atoms with Gasteiger partial charge in [-0.05, 0) is 76.4 Å². The average Bonchev–Trinajstić information content (AvgIpc) is 2.93. The van der Waals surface area contributed by atoms with Crippen LogP contribution in [0.25, 0.3) is 0 Å². The number of carbonyl (C=O) groups excluding carboxylic acids is 3. The van der Waals surface area contributed by atoms with Crippen LogP contribution in [0.3, 0.4) is 0 Å². The molecule has 3 aromatic carbocycles. The molecule has 0 bridgehead atoms. The Balaban J connectivity index is 1.52. The summed E-state index contributed by atoms with van der Waals surface area (Å²) in [6, 6.07) is 19.0. The van der Waals surface area contributed by atoms with Crippen molar-refractivity contribution in [2.45, 2.75) is 19.8 Å². The molecule has 0 radical (unpaired) electrons. The first-order valence-electron chi connectivity index (χ1n) is 12.1. The molecule has 0 aliphatic heterocycles. The number of ether oxygens (including phenoxy) is 3. The second kappa shape index (κ2) is 15.1. The lowest BCUT2D eigenvalue weighted by molar-refractivity contribution is -0.136. The Morgan fingerprint density at radius 3 is 2.33 bits per heavy atom. The van der Waals surface area contributed by atoms with E-state index in [-0.39, 0.29) is 12.5 Å². The van der Waals surface area contributed by atoms with Gasteiger partial charge >= 0.3 is 11.8 Å². The molecule has 3 amide bonds. The van der Waals surface area contributed by atoms with E-state index in [1.54, 1.807) is 48.5 Å². The fraction of sp³-hybridized carbons (Fsp3) is 0.214. The van der Waals surface area contributed by atoms with Crippen LogP contribution in [0, 0.1) is 0 Å². The number of halogens is 1. The maximum Gasteiger partial charge on any atom is 0.329 e. The summed E-state index contributed by atoms with van der Waals surface area (Å²) in [5, 5.41) is 9.08. The number of hydrogen-bond donors (Lipinski definition) is 3. The fourth-order valence-corrected chi connectivity index (χ4v) is 3.76. The largest absolute Gasteiger partial charge is 0.494 e. The molecule has 204 valence electrons. The van der Waals surface area contributed by atoms with E-state index in [1.165, 1.54) is 13.3 Å². The molecule has 0 aromatic heterocycles. The van der Waals surface area contributed by atoms with E-state index in [9.17, 15) is 14.4 Å². The predicted molar refractivity (Wildman–Crippen MR) is 152 cm³/mol. The number of anilines is 2. The third-order valence-electron chi connectivity index (χ3n) is 5.12. The molecule has 0 fully saturated rings. The highest BCUT2D eigenvalue weighted by molar-refractivity contribution is 9.10. The molecule has 0 saturated heterocycles. The number of hydrogen-bond acceptors (Lipinski definition) is 7. The topological polar surface area (TPSA) is 127 Å². The number of methoxy groups -OCH3 is 1. The number of carbonyl (C=O) groups is 3. The van der Waals surface area contributed by atoms with Crippen molar-refractivity contribution in [1.82, 2.24) is 5.43 Å². The first kappa shape index (κ1) is 29.2. The normalized spacial score (nSPS) is 10.5. The zero-order valence-corrected chi connectivity index (χ0v) is 23.1. The molecule has 0 heterocycles. The van der Waals surface area contributed by atoms with Crippen LogP contribution in [0.4, 0.5) is 11.4 Å². The molecule has 39 heavy (non-hydrogen) atoms. The van der Waals surface area contributed by atoms with Crippen molar-refractivity contribution in [2.24, 2.45) is 5.10 Å². The van der Waals surface area contributed by atoms with Gasteiger partial charge in [-0.3, -0.25) is 14.4 Å². The third kappa shape index (κ3) is 9.46. The summed E-state index contributed by atoms with van der Waals surface area (Å²) < 4.78 is 17.1. The van der Waals surface area contributed by atoms with Crippen molar-refractivity contribution in [3.63, 3.8) is 0 Å². The Morgan fingerprint density at radius 1 is 0.923 bits per heavy atom. The van der Waals surface area contributed by atoms with Gasteiger partial charge in [-0.25, -0.2) is 5.43 Å². The molecule has 3 aromatic rings. The molecule has 0 aliphatic carbocycles. The second-order valence-electron chi connectivity index (χ2n) is 8.12. The van der Waals surface area contributed by atoms with E-state index in [1.807, 2.05) is 18.2 Å². The third-order valence-corrected chi connectivity index (χ3v) is 5.71. The van der Waals surface area contributed by atoms with Gasteiger partial charge in [0.2, 0.25) is 0 Å². The minimum atomic E-state index is -0.940. The van der Waals surface area contributed by atoms with E-state index >= 15 is 0 Å². The van der Waals surface area contributed by atoms with Gasteiger partial charge in [0, 0.05) is 11.4 Å². The molecule has 0 spiro atoms. The van der Waals surface area contributed by atoms with Gasteiger partial charge in [0.15, 0.2) is 18.1 Å². The molecular formula is C28H29BrN4O6. The Kier molecular flexibility index (Phi) is 11.3. The molecule has 3 N–H and O–H groups in total. The summed E-state index contributed by atoms with van der Waals surface area (Å²) in [7, 11) is 1.45. The van der Waals surface area contributed by atoms with Crippen LogP contribution in [0.5, 0.6) is 17.2 Å². The van der Waals surface area contributed by atoms with Crippen molar-refractivity contribution in [3.8, 4) is 17.2 Å². The summed E-state index contributed by atoms with van der Waals surface area (Å²) in [6.07, 6.45) is 3.33. The van der Waals surface area contributed by atoms with Gasteiger partial charge in [-0.15, -0.1) is 0 Å². The minimum absolute atomic E-state index is 0.239. The zero-order chi connectivity index (χ0) is 28.0. The number of nitrogens with zero attached hydrogens (tertiary/aromatic N) is 1. The van der Waals surface area contributed by atoms with Crippen molar-refractivity contribution >= 4 is 51.2 Å². The Morgan fingerprint density at radius 2 is 1.64 bits per heavy atom. The molecule has 0 atom stereocenters. The van der Waals surface area contributed by atoms with Crippen LogP contribution < -0.4 is 30.3 Å². The summed E-state index contributed by atoms with van der Waals surface area (Å²) in [5.74, 6) is -0.803. The van der Waals surface area contributed by atoms with E-state index in [0.29, 0.717) is 45.3 Å². The lowest BCUT2D eigenvalue weighted by Crippen LogP contribution is -2.32. The van der Waals surface area contributed by atoms with Crippen molar-refractivity contribution in [2.75, 3.05) is 31.0 Å². The molecule has 11 heteroatoms. The average molecular weight is 597 g/mol. The van der Waals surface area contributed by atoms with E-state index in [0.717, 1.165) is 12.8 Å². The van der Waals surface area contributed by atoms with Gasteiger partial charge in [0.25, 0.3) is 5.91 Å². The molecule has 0 unspecified atom stereocenters. The van der Waals surface area contributed by atoms with Crippen LogP contribution in [0.1, 0.15) is 25.3 Å². The van der Waals surface area contributed by atoms with Crippen LogP contribution in [0.15, 0.2) is 76.3 Å². The van der Waals surface area contributed by atoms with Gasteiger partial charge in [-0.1, -0.05) is 31.5 Å². The SMILES string of the molecule is CCCCOc1ccc(NC(=O)C(=O)N/N=C\c2cc(Br)c(OCC(=O)Nc3ccccc3)c(OC)c2)cc1. The van der Waals surface area contributed by atoms with Crippen molar-refractivity contribution < 1.29 is 28.6 Å². The highest BCUT2D eigenvalue weighted by Crippen LogP contribution is 2.36.